The van der Waals surface area contributed by atoms with E-state index in [4.69, 9.17) is 16.4 Å². The molecule has 0 aliphatic carbocycles. The molecule has 0 bridgehead atoms. The number of carbonyl (C=O) groups is 1. The van der Waals surface area contributed by atoms with E-state index in [1.165, 1.54) is 22.3 Å². The Morgan fingerprint density at radius 1 is 1.18 bits per heavy atom. The first kappa shape index (κ1) is 27.1. The van der Waals surface area contributed by atoms with E-state index >= 15 is 0 Å². The van der Waals surface area contributed by atoms with Crippen LogP contribution in [-0.4, -0.2) is 39.4 Å². The number of hydrogen-bond acceptors (Lipinski definition) is 6. The third-order valence-corrected chi connectivity index (χ3v) is 7.73. The number of likely N-dealkylation sites (tertiary alicyclic amines) is 1. The molecule has 8 nitrogen and oxygen atoms in total. The van der Waals surface area contributed by atoms with Crippen LogP contribution in [0.4, 0.5) is 26.7 Å². The summed E-state index contributed by atoms with van der Waals surface area (Å²) < 4.78 is 67.8. The molecule has 0 radical (unpaired) electrons. The normalized spacial score (nSPS) is 18.2. The lowest BCUT2D eigenvalue weighted by Gasteiger charge is -2.31. The number of alkyl halides is 3. The first-order chi connectivity index (χ1) is 18.5. The van der Waals surface area contributed by atoms with Gasteiger partial charge in [0.25, 0.3) is 5.56 Å². The van der Waals surface area contributed by atoms with Crippen molar-refractivity contribution in [2.45, 2.75) is 37.5 Å². The number of benzene rings is 1. The van der Waals surface area contributed by atoms with Crippen LogP contribution in [0.3, 0.4) is 0 Å². The van der Waals surface area contributed by atoms with Gasteiger partial charge in [-0.25, -0.2) is 28.7 Å². The van der Waals surface area contributed by atoms with Crippen LogP contribution in [0.15, 0.2) is 45.8 Å². The Kier molecular flexibility index (Phi) is 7.33. The molecule has 5 rings (SSSR count). The second kappa shape index (κ2) is 10.6. The number of nitrogens with zero attached hydrogens (tertiary/aromatic N) is 4. The lowest BCUT2D eigenvalue weighted by molar-refractivity contribution is -0.138. The molecule has 15 heteroatoms. The fraction of sp³-hybridized carbons (Fsp3) is 0.333. The summed E-state index contributed by atoms with van der Waals surface area (Å²) in [7, 11) is 0. The molecule has 1 fully saturated rings. The second-order valence-corrected chi connectivity index (χ2v) is 10.3. The molecule has 1 saturated heterocycles. The summed E-state index contributed by atoms with van der Waals surface area (Å²) in [6.07, 6.45) is -3.98. The number of amides is 2. The van der Waals surface area contributed by atoms with E-state index in [-0.39, 0.29) is 31.0 Å². The van der Waals surface area contributed by atoms with Crippen LogP contribution in [0.5, 0.6) is 0 Å². The molecule has 1 unspecified atom stereocenters. The largest absolute Gasteiger partial charge is 0.417 e. The highest BCUT2D eigenvalue weighted by Crippen LogP contribution is 2.35. The van der Waals surface area contributed by atoms with Crippen molar-refractivity contribution >= 4 is 34.7 Å². The summed E-state index contributed by atoms with van der Waals surface area (Å²) in [6, 6.07) is 3.34. The molecule has 206 valence electrons. The lowest BCUT2D eigenvalue weighted by atomic mass is 9.97. The van der Waals surface area contributed by atoms with E-state index in [1.807, 2.05) is 0 Å². The number of oxime groups is 1. The molecular weight excluding hydrogens is 569 g/mol. The Bertz CT molecular complexity index is 1480. The zero-order valence-electron chi connectivity index (χ0n) is 19.8. The van der Waals surface area contributed by atoms with Gasteiger partial charge in [-0.3, -0.25) is 4.79 Å². The van der Waals surface area contributed by atoms with Crippen molar-refractivity contribution in [3.63, 3.8) is 0 Å². The highest BCUT2D eigenvalue weighted by atomic mass is 35.5. The second-order valence-electron chi connectivity index (χ2n) is 8.97. The SMILES string of the molecule is O=C(Nn1cc(C(F)(F)F)cc(Cl)c1=O)N1CCC(c2nc(C3=NOC(c4c(F)cccc4F)C3)cs2)CC1. The molecule has 2 aliphatic rings. The van der Waals surface area contributed by atoms with Gasteiger partial charge in [-0.2, -0.15) is 13.2 Å². The number of thiazole rings is 1. The highest BCUT2D eigenvalue weighted by molar-refractivity contribution is 7.10. The minimum Gasteiger partial charge on any atom is -0.387 e. The molecule has 1 aromatic carbocycles. The van der Waals surface area contributed by atoms with Crippen LogP contribution in [-0.2, 0) is 11.0 Å². The number of halogens is 6. The molecule has 4 heterocycles. The first-order valence-corrected chi connectivity index (χ1v) is 12.9. The average Bonchev–Trinajstić information content (AvgIpc) is 3.56. The van der Waals surface area contributed by atoms with Crippen LogP contribution < -0.4 is 11.0 Å². The molecule has 0 saturated carbocycles. The van der Waals surface area contributed by atoms with Crippen molar-refractivity contribution in [2.75, 3.05) is 18.5 Å². The Morgan fingerprint density at radius 3 is 2.54 bits per heavy atom. The number of piperidine rings is 1. The highest BCUT2D eigenvalue weighted by Gasteiger charge is 2.34. The Morgan fingerprint density at radius 2 is 1.87 bits per heavy atom. The molecule has 2 aliphatic heterocycles. The van der Waals surface area contributed by atoms with Gasteiger partial charge in [-0.1, -0.05) is 22.8 Å². The van der Waals surface area contributed by atoms with Crippen LogP contribution in [0.25, 0.3) is 0 Å². The number of pyridine rings is 1. The maximum absolute atomic E-state index is 14.1. The van der Waals surface area contributed by atoms with Gasteiger partial charge in [0, 0.05) is 37.0 Å². The van der Waals surface area contributed by atoms with Crippen LogP contribution in [0.1, 0.15) is 53.1 Å². The number of hydrogen-bond donors (Lipinski definition) is 1. The number of aromatic nitrogens is 2. The van der Waals surface area contributed by atoms with Crippen LogP contribution in [0.2, 0.25) is 5.02 Å². The summed E-state index contributed by atoms with van der Waals surface area (Å²) in [5.74, 6) is -1.43. The van der Waals surface area contributed by atoms with Crippen LogP contribution >= 0.6 is 22.9 Å². The van der Waals surface area contributed by atoms with Crippen molar-refractivity contribution in [1.29, 1.82) is 0 Å². The fourth-order valence-corrected chi connectivity index (χ4v) is 5.61. The number of nitrogens with one attached hydrogen (secondary N) is 1. The monoisotopic (exact) mass is 587 g/mol. The Balaban J connectivity index is 1.19. The van der Waals surface area contributed by atoms with Gasteiger partial charge in [-0.15, -0.1) is 11.3 Å². The van der Waals surface area contributed by atoms with E-state index in [0.717, 1.165) is 17.1 Å². The summed E-state index contributed by atoms with van der Waals surface area (Å²) in [5, 5.41) is 5.86. The van der Waals surface area contributed by atoms with Gasteiger partial charge in [0.15, 0.2) is 6.10 Å². The van der Waals surface area contributed by atoms with E-state index in [0.29, 0.717) is 41.2 Å². The molecule has 1 atom stereocenters. The Hall–Kier alpha value is -3.52. The third kappa shape index (κ3) is 5.62. The number of rotatable bonds is 4. The summed E-state index contributed by atoms with van der Waals surface area (Å²) in [5.41, 5.74) is 0.822. The molecule has 2 amide bonds. The maximum Gasteiger partial charge on any atom is 0.417 e. The molecule has 1 N–H and O–H groups in total. The topological polar surface area (TPSA) is 88.8 Å². The molecule has 0 spiro atoms. The van der Waals surface area contributed by atoms with Gasteiger partial charge in [-0.05, 0) is 31.0 Å². The molecular formula is C24H19ClF5N5O3S. The van der Waals surface area contributed by atoms with Crippen molar-refractivity contribution < 1.29 is 31.6 Å². The zero-order chi connectivity index (χ0) is 27.9. The van der Waals surface area contributed by atoms with Crippen molar-refractivity contribution in [3.05, 3.63) is 84.7 Å². The third-order valence-electron chi connectivity index (χ3n) is 6.46. The number of carbonyl (C=O) groups excluding carboxylic acids is 1. The number of urea groups is 1. The Labute approximate surface area is 226 Å². The van der Waals surface area contributed by atoms with Crippen molar-refractivity contribution in [1.82, 2.24) is 14.6 Å². The average molecular weight is 588 g/mol. The summed E-state index contributed by atoms with van der Waals surface area (Å²) in [4.78, 5) is 36.0. The van der Waals surface area contributed by atoms with Gasteiger partial charge >= 0.3 is 12.2 Å². The smallest absolute Gasteiger partial charge is 0.387 e. The van der Waals surface area contributed by atoms with E-state index < -0.39 is 46.1 Å². The predicted molar refractivity (Wildman–Crippen MR) is 132 cm³/mol. The van der Waals surface area contributed by atoms with E-state index in [9.17, 15) is 31.5 Å². The first-order valence-electron chi connectivity index (χ1n) is 11.7. The van der Waals surface area contributed by atoms with Gasteiger partial charge < -0.3 is 9.74 Å². The van der Waals surface area contributed by atoms with Crippen LogP contribution in [0, 0.1) is 11.6 Å². The van der Waals surface area contributed by atoms with E-state index in [1.54, 1.807) is 5.38 Å². The lowest BCUT2D eigenvalue weighted by Crippen LogP contribution is -2.45. The quantitative estimate of drug-likeness (QED) is 0.399. The molecule has 3 aromatic rings. The van der Waals surface area contributed by atoms with E-state index in [2.05, 4.69) is 15.6 Å². The summed E-state index contributed by atoms with van der Waals surface area (Å²) >= 11 is 7.01. The maximum atomic E-state index is 14.1. The van der Waals surface area contributed by atoms with Gasteiger partial charge in [0.05, 0.1) is 21.8 Å². The van der Waals surface area contributed by atoms with Gasteiger partial charge in [0.1, 0.15) is 22.4 Å². The zero-order valence-corrected chi connectivity index (χ0v) is 21.4. The molecule has 2 aromatic heterocycles. The minimum atomic E-state index is -4.75. The summed E-state index contributed by atoms with van der Waals surface area (Å²) in [6.45, 7) is 0.539. The van der Waals surface area contributed by atoms with Gasteiger partial charge in [0.2, 0.25) is 0 Å². The minimum absolute atomic E-state index is 0.00116. The fourth-order valence-electron chi connectivity index (χ4n) is 4.40. The van der Waals surface area contributed by atoms with Crippen molar-refractivity contribution in [3.8, 4) is 0 Å². The predicted octanol–water partition coefficient (Wildman–Crippen LogP) is 5.66. The standard InChI is InChI=1S/C24H19ClF5N5O3S/c25-14-8-13(24(28,29)30)10-35(22(14)36)32-23(37)34-6-4-12(5-7-34)21-31-18(11-39-21)17-9-19(38-33-17)20-15(26)2-1-3-16(20)27/h1-3,8,10-12,19H,4-7,9H2,(H,32,37). The van der Waals surface area contributed by atoms with Crippen molar-refractivity contribution in [2.24, 2.45) is 5.16 Å². The molecule has 39 heavy (non-hydrogen) atoms.